The second-order valence-electron chi connectivity index (χ2n) is 8.42. The highest BCUT2D eigenvalue weighted by Crippen LogP contribution is 2.46. The summed E-state index contributed by atoms with van der Waals surface area (Å²) in [7, 11) is 0. The van der Waals surface area contributed by atoms with Crippen LogP contribution in [0.25, 0.3) is 0 Å². The zero-order chi connectivity index (χ0) is 20.4. The number of nitrogens with zero attached hydrogens (tertiary/aromatic N) is 1. The highest BCUT2D eigenvalue weighted by atomic mass is 16.5. The van der Waals surface area contributed by atoms with E-state index in [2.05, 4.69) is 38.0 Å². The minimum Gasteiger partial charge on any atom is -0.451 e. The molecule has 0 aromatic carbocycles. The smallest absolute Gasteiger partial charge is 0.327 e. The fourth-order valence-corrected chi connectivity index (χ4v) is 4.38. The van der Waals surface area contributed by atoms with Gasteiger partial charge in [-0.15, -0.1) is 6.58 Å². The maximum atomic E-state index is 13.0. The van der Waals surface area contributed by atoms with Crippen LogP contribution < -0.4 is 10.6 Å². The Hall–Kier alpha value is -2.38. The average molecular weight is 379 g/mol. The molecular weight excluding hydrogens is 350 g/mol. The van der Waals surface area contributed by atoms with Gasteiger partial charge in [0.05, 0.1) is 0 Å². The second-order valence-corrected chi connectivity index (χ2v) is 8.42. The molecule has 3 atom stereocenters. The Morgan fingerprint density at radius 3 is 2.67 bits per heavy atom. The molecule has 8 nitrogen and oxygen atoms in total. The molecule has 1 saturated heterocycles. The molecule has 3 unspecified atom stereocenters. The molecule has 2 N–H and O–H groups in total. The molecule has 2 rings (SSSR count). The molecule has 1 heterocycles. The van der Waals surface area contributed by atoms with E-state index in [0.29, 0.717) is 12.8 Å². The lowest BCUT2D eigenvalue weighted by Crippen LogP contribution is -2.54. The highest BCUT2D eigenvalue weighted by Gasteiger charge is 2.56. The Balaban J connectivity index is 2.02. The fraction of sp³-hybridized carbons (Fsp3) is 0.684. The standard InChI is InChI=1S/C19H29N3O5/c1-6-7-20-15(24)13(3)27-14(23)10-22-16(25)19(21-17(22)26)9-12(2)8-18(4,5)11-19/h6,12-13H,1,7-11H2,2-5H3,(H,20,24)(H,21,26). The van der Waals surface area contributed by atoms with Crippen molar-refractivity contribution in [3.05, 3.63) is 12.7 Å². The van der Waals surface area contributed by atoms with E-state index in [1.165, 1.54) is 13.0 Å². The summed E-state index contributed by atoms with van der Waals surface area (Å²) in [6.45, 7) is 10.9. The zero-order valence-corrected chi connectivity index (χ0v) is 16.5. The van der Waals surface area contributed by atoms with Crippen molar-refractivity contribution < 1.29 is 23.9 Å². The number of ether oxygens (including phenoxy) is 1. The van der Waals surface area contributed by atoms with Crippen molar-refractivity contribution in [3.63, 3.8) is 0 Å². The quantitative estimate of drug-likeness (QED) is 0.412. The van der Waals surface area contributed by atoms with Crippen LogP contribution in [0.4, 0.5) is 4.79 Å². The van der Waals surface area contributed by atoms with Crippen LogP contribution in [0.5, 0.6) is 0 Å². The number of amides is 4. The Morgan fingerprint density at radius 1 is 1.41 bits per heavy atom. The molecule has 1 aliphatic carbocycles. The molecule has 8 heteroatoms. The minimum absolute atomic E-state index is 0.0884. The molecule has 0 aromatic heterocycles. The summed E-state index contributed by atoms with van der Waals surface area (Å²) in [5.41, 5.74) is -1.06. The summed E-state index contributed by atoms with van der Waals surface area (Å²) in [5.74, 6) is -1.40. The van der Waals surface area contributed by atoms with Crippen LogP contribution in [0, 0.1) is 11.3 Å². The summed E-state index contributed by atoms with van der Waals surface area (Å²) in [4.78, 5) is 50.1. The van der Waals surface area contributed by atoms with Crippen LogP contribution in [-0.4, -0.2) is 53.4 Å². The van der Waals surface area contributed by atoms with Gasteiger partial charge < -0.3 is 15.4 Å². The topological polar surface area (TPSA) is 105 Å². The van der Waals surface area contributed by atoms with Crippen molar-refractivity contribution in [3.8, 4) is 0 Å². The molecule has 0 bridgehead atoms. The number of urea groups is 1. The molecule has 4 amide bonds. The lowest BCUT2D eigenvalue weighted by Gasteiger charge is -2.43. The highest BCUT2D eigenvalue weighted by molar-refractivity contribution is 6.08. The van der Waals surface area contributed by atoms with Gasteiger partial charge in [0.15, 0.2) is 6.10 Å². The lowest BCUT2D eigenvalue weighted by molar-refractivity contribution is -0.156. The predicted octanol–water partition coefficient (Wildman–Crippen LogP) is 1.36. The number of imide groups is 1. The summed E-state index contributed by atoms with van der Waals surface area (Å²) in [6.07, 6.45) is 2.53. The maximum Gasteiger partial charge on any atom is 0.327 e. The normalized spacial score (nSPS) is 27.9. The third-order valence-electron chi connectivity index (χ3n) is 5.01. The molecule has 0 radical (unpaired) electrons. The molecule has 1 aliphatic heterocycles. The van der Waals surface area contributed by atoms with E-state index in [1.54, 1.807) is 0 Å². The summed E-state index contributed by atoms with van der Waals surface area (Å²) in [6, 6.07) is -0.592. The van der Waals surface area contributed by atoms with Gasteiger partial charge in [-0.25, -0.2) is 4.79 Å². The van der Waals surface area contributed by atoms with Crippen molar-refractivity contribution >= 4 is 23.8 Å². The first kappa shape index (κ1) is 20.9. The van der Waals surface area contributed by atoms with Gasteiger partial charge in [-0.05, 0) is 37.5 Å². The van der Waals surface area contributed by atoms with E-state index in [4.69, 9.17) is 4.74 Å². The average Bonchev–Trinajstić information content (AvgIpc) is 2.74. The van der Waals surface area contributed by atoms with Crippen molar-refractivity contribution in [2.24, 2.45) is 11.3 Å². The number of carbonyl (C=O) groups is 4. The maximum absolute atomic E-state index is 13.0. The monoisotopic (exact) mass is 379 g/mol. The third kappa shape index (κ3) is 4.67. The van der Waals surface area contributed by atoms with Gasteiger partial charge in [0.2, 0.25) is 0 Å². The Labute approximate surface area is 159 Å². The first-order chi connectivity index (χ1) is 12.5. The first-order valence-electron chi connectivity index (χ1n) is 9.22. The largest absolute Gasteiger partial charge is 0.451 e. The van der Waals surface area contributed by atoms with Gasteiger partial charge in [-0.1, -0.05) is 26.8 Å². The van der Waals surface area contributed by atoms with Crippen LogP contribution in [0.2, 0.25) is 0 Å². The molecule has 150 valence electrons. The zero-order valence-electron chi connectivity index (χ0n) is 16.5. The van der Waals surface area contributed by atoms with Crippen molar-refractivity contribution in [2.75, 3.05) is 13.1 Å². The predicted molar refractivity (Wildman–Crippen MR) is 98.5 cm³/mol. The lowest BCUT2D eigenvalue weighted by atomic mass is 9.64. The van der Waals surface area contributed by atoms with E-state index in [0.717, 1.165) is 11.3 Å². The van der Waals surface area contributed by atoms with Crippen LogP contribution >= 0.6 is 0 Å². The minimum atomic E-state index is -1.03. The van der Waals surface area contributed by atoms with E-state index in [1.807, 2.05) is 0 Å². The fourth-order valence-electron chi connectivity index (χ4n) is 4.38. The van der Waals surface area contributed by atoms with Crippen LogP contribution in [0.1, 0.15) is 47.0 Å². The molecule has 27 heavy (non-hydrogen) atoms. The molecule has 0 aromatic rings. The number of nitrogens with one attached hydrogen (secondary N) is 2. The second kappa shape index (κ2) is 7.70. The Morgan fingerprint density at radius 2 is 2.07 bits per heavy atom. The molecule has 1 spiro atoms. The molecule has 2 fully saturated rings. The number of carbonyl (C=O) groups excluding carboxylic acids is 4. The Bertz CT molecular complexity index is 660. The number of hydrogen-bond donors (Lipinski definition) is 2. The van der Waals surface area contributed by atoms with E-state index >= 15 is 0 Å². The number of rotatable bonds is 6. The van der Waals surface area contributed by atoms with E-state index in [9.17, 15) is 19.2 Å². The number of hydrogen-bond acceptors (Lipinski definition) is 5. The molecule has 2 aliphatic rings. The summed E-state index contributed by atoms with van der Waals surface area (Å²) in [5, 5.41) is 5.32. The first-order valence-corrected chi connectivity index (χ1v) is 9.22. The van der Waals surface area contributed by atoms with Gasteiger partial charge in [0, 0.05) is 6.54 Å². The van der Waals surface area contributed by atoms with Gasteiger partial charge in [0.1, 0.15) is 12.1 Å². The molecule has 1 saturated carbocycles. The van der Waals surface area contributed by atoms with E-state index < -0.39 is 42.0 Å². The van der Waals surface area contributed by atoms with Crippen LogP contribution in [-0.2, 0) is 19.1 Å². The molecular formula is C19H29N3O5. The van der Waals surface area contributed by atoms with Gasteiger partial charge in [0.25, 0.3) is 11.8 Å². The SMILES string of the molecule is C=CCNC(=O)C(C)OC(=O)CN1C(=O)NC2(CC(C)CC(C)(C)C2)C1=O. The van der Waals surface area contributed by atoms with Crippen molar-refractivity contribution in [1.82, 2.24) is 15.5 Å². The third-order valence-corrected chi connectivity index (χ3v) is 5.01. The van der Waals surface area contributed by atoms with E-state index in [-0.39, 0.29) is 17.9 Å². The van der Waals surface area contributed by atoms with Gasteiger partial charge in [-0.2, -0.15) is 0 Å². The van der Waals surface area contributed by atoms with Gasteiger partial charge in [-0.3, -0.25) is 19.3 Å². The van der Waals surface area contributed by atoms with Gasteiger partial charge >= 0.3 is 12.0 Å². The number of esters is 1. The summed E-state index contributed by atoms with van der Waals surface area (Å²) >= 11 is 0. The van der Waals surface area contributed by atoms with Crippen LogP contribution in [0.15, 0.2) is 12.7 Å². The summed E-state index contributed by atoms with van der Waals surface area (Å²) < 4.78 is 5.05. The van der Waals surface area contributed by atoms with Crippen LogP contribution in [0.3, 0.4) is 0 Å². The van der Waals surface area contributed by atoms with Crippen molar-refractivity contribution in [2.45, 2.75) is 58.6 Å². The van der Waals surface area contributed by atoms with Crippen molar-refractivity contribution in [1.29, 1.82) is 0 Å². The Kier molecular flexibility index (Phi) is 5.97.